The van der Waals surface area contributed by atoms with Gasteiger partial charge in [0.05, 0.1) is 0 Å². The molecule has 0 saturated heterocycles. The van der Waals surface area contributed by atoms with E-state index in [-0.39, 0.29) is 18.1 Å². The van der Waals surface area contributed by atoms with E-state index in [0.717, 1.165) is 11.3 Å². The van der Waals surface area contributed by atoms with Gasteiger partial charge >= 0.3 is 0 Å². The van der Waals surface area contributed by atoms with Crippen molar-refractivity contribution in [2.45, 2.75) is 19.9 Å². The zero-order valence-electron chi connectivity index (χ0n) is 13.5. The molecule has 126 valence electrons. The number of hydrogen-bond donors (Lipinski definition) is 2. The zero-order chi connectivity index (χ0) is 17.5. The summed E-state index contributed by atoms with van der Waals surface area (Å²) in [5, 5.41) is 2.73. The Morgan fingerprint density at radius 1 is 1.17 bits per heavy atom. The largest absolute Gasteiger partial charge is 0.370 e. The van der Waals surface area contributed by atoms with Crippen molar-refractivity contribution in [2.75, 3.05) is 16.8 Å². The van der Waals surface area contributed by atoms with Gasteiger partial charge in [-0.3, -0.25) is 9.59 Å². The van der Waals surface area contributed by atoms with Gasteiger partial charge in [0.1, 0.15) is 5.82 Å². The molecule has 0 aliphatic rings. The molecule has 2 amide bonds. The molecule has 5 nitrogen and oxygen atoms in total. The number of hydrogen-bond acceptors (Lipinski definition) is 3. The van der Waals surface area contributed by atoms with E-state index in [4.69, 9.17) is 5.73 Å². The van der Waals surface area contributed by atoms with E-state index >= 15 is 0 Å². The van der Waals surface area contributed by atoms with Crippen LogP contribution in [0.2, 0.25) is 0 Å². The molecule has 24 heavy (non-hydrogen) atoms. The number of nitrogens with two attached hydrogens (primary N) is 1. The molecule has 0 aliphatic heterocycles. The van der Waals surface area contributed by atoms with Gasteiger partial charge in [-0.05, 0) is 42.0 Å². The molecule has 0 heterocycles. The predicted molar refractivity (Wildman–Crippen MR) is 92.0 cm³/mol. The van der Waals surface area contributed by atoms with Gasteiger partial charge in [-0.25, -0.2) is 4.39 Å². The summed E-state index contributed by atoms with van der Waals surface area (Å²) < 4.78 is 13.1. The minimum Gasteiger partial charge on any atom is -0.370 e. The van der Waals surface area contributed by atoms with Gasteiger partial charge in [-0.2, -0.15) is 0 Å². The molecule has 0 aliphatic carbocycles. The van der Waals surface area contributed by atoms with E-state index < -0.39 is 5.91 Å². The standard InChI is InChI=1S/C18H20FN3O2/c1-13(23)21-16-4-2-3-14(11-16)12-22(10-9-18(20)24)17-7-5-15(19)6-8-17/h2-8,11H,9-10,12H2,1H3,(H2,20,24)(H,21,23). The lowest BCUT2D eigenvalue weighted by Crippen LogP contribution is -2.27. The predicted octanol–water partition coefficient (Wildman–Crippen LogP) is 2.67. The summed E-state index contributed by atoms with van der Waals surface area (Å²) in [6.45, 7) is 2.38. The highest BCUT2D eigenvalue weighted by Gasteiger charge is 2.10. The third-order valence-electron chi connectivity index (χ3n) is 3.44. The normalized spacial score (nSPS) is 10.2. The lowest BCUT2D eigenvalue weighted by Gasteiger charge is -2.25. The molecule has 0 radical (unpaired) electrons. The van der Waals surface area contributed by atoms with Crippen LogP contribution in [0, 0.1) is 5.82 Å². The van der Waals surface area contributed by atoms with E-state index in [0.29, 0.717) is 18.8 Å². The Balaban J connectivity index is 2.19. The Morgan fingerprint density at radius 3 is 2.50 bits per heavy atom. The number of nitrogens with one attached hydrogen (secondary N) is 1. The minimum atomic E-state index is -0.394. The molecule has 2 aromatic carbocycles. The van der Waals surface area contributed by atoms with Gasteiger partial charge in [0.25, 0.3) is 0 Å². The van der Waals surface area contributed by atoms with Crippen LogP contribution in [0.5, 0.6) is 0 Å². The smallest absolute Gasteiger partial charge is 0.221 e. The SMILES string of the molecule is CC(=O)Nc1cccc(CN(CCC(N)=O)c2ccc(F)cc2)c1. The summed E-state index contributed by atoms with van der Waals surface area (Å²) in [7, 11) is 0. The third-order valence-corrected chi connectivity index (χ3v) is 3.44. The molecule has 0 bridgehead atoms. The highest BCUT2D eigenvalue weighted by molar-refractivity contribution is 5.88. The molecule has 6 heteroatoms. The molecule has 0 unspecified atom stereocenters. The summed E-state index contributed by atoms with van der Waals surface area (Å²) >= 11 is 0. The number of anilines is 2. The summed E-state index contributed by atoms with van der Waals surface area (Å²) in [6.07, 6.45) is 0.197. The Hall–Kier alpha value is -2.89. The molecule has 0 saturated carbocycles. The molecular weight excluding hydrogens is 309 g/mol. The number of halogens is 1. The van der Waals surface area contributed by atoms with Gasteiger partial charge in [-0.1, -0.05) is 12.1 Å². The summed E-state index contributed by atoms with van der Waals surface area (Å²) in [4.78, 5) is 24.2. The highest BCUT2D eigenvalue weighted by atomic mass is 19.1. The van der Waals surface area contributed by atoms with Crippen LogP contribution in [0.4, 0.5) is 15.8 Å². The Bertz CT molecular complexity index is 716. The maximum absolute atomic E-state index is 13.1. The first kappa shape index (κ1) is 17.5. The molecule has 3 N–H and O–H groups in total. The quantitative estimate of drug-likeness (QED) is 0.820. The third kappa shape index (κ3) is 5.39. The lowest BCUT2D eigenvalue weighted by molar-refractivity contribution is -0.118. The number of carbonyl (C=O) groups excluding carboxylic acids is 2. The maximum Gasteiger partial charge on any atom is 0.221 e. The fourth-order valence-electron chi connectivity index (χ4n) is 2.37. The van der Waals surface area contributed by atoms with E-state index in [1.54, 1.807) is 18.2 Å². The van der Waals surface area contributed by atoms with Crippen LogP contribution in [-0.2, 0) is 16.1 Å². The van der Waals surface area contributed by atoms with Crippen LogP contribution in [-0.4, -0.2) is 18.4 Å². The van der Waals surface area contributed by atoms with Crippen molar-refractivity contribution in [2.24, 2.45) is 5.73 Å². The van der Waals surface area contributed by atoms with Crippen molar-refractivity contribution in [1.29, 1.82) is 0 Å². The second-order valence-corrected chi connectivity index (χ2v) is 5.50. The number of primary amides is 1. The highest BCUT2D eigenvalue weighted by Crippen LogP contribution is 2.20. The first-order valence-electron chi connectivity index (χ1n) is 7.59. The fourth-order valence-corrected chi connectivity index (χ4v) is 2.37. The molecule has 0 fully saturated rings. The van der Waals surface area contributed by atoms with Crippen molar-refractivity contribution in [3.8, 4) is 0 Å². The average molecular weight is 329 g/mol. The first-order valence-corrected chi connectivity index (χ1v) is 7.59. The zero-order valence-corrected chi connectivity index (χ0v) is 13.5. The number of rotatable bonds is 7. The maximum atomic E-state index is 13.1. The fraction of sp³-hybridized carbons (Fsp3) is 0.222. The van der Waals surface area contributed by atoms with Crippen molar-refractivity contribution < 1.29 is 14.0 Å². The lowest BCUT2D eigenvalue weighted by atomic mass is 10.1. The number of carbonyl (C=O) groups is 2. The van der Waals surface area contributed by atoms with Crippen LogP contribution in [0.1, 0.15) is 18.9 Å². The van der Waals surface area contributed by atoms with E-state index in [1.165, 1.54) is 19.1 Å². The van der Waals surface area contributed by atoms with Gasteiger partial charge < -0.3 is 16.0 Å². The average Bonchev–Trinajstić information content (AvgIpc) is 2.52. The van der Waals surface area contributed by atoms with Gasteiger partial charge in [0, 0.05) is 37.8 Å². The monoisotopic (exact) mass is 329 g/mol. The molecule has 2 rings (SSSR count). The second kappa shape index (κ2) is 8.10. The van der Waals surface area contributed by atoms with Crippen LogP contribution in [0.25, 0.3) is 0 Å². The van der Waals surface area contributed by atoms with Crippen molar-refractivity contribution in [3.05, 3.63) is 59.9 Å². The van der Waals surface area contributed by atoms with Crippen molar-refractivity contribution in [3.63, 3.8) is 0 Å². The van der Waals surface area contributed by atoms with Crippen LogP contribution in [0.15, 0.2) is 48.5 Å². The summed E-state index contributed by atoms with van der Waals surface area (Å²) in [5.74, 6) is -0.855. The number of amides is 2. The summed E-state index contributed by atoms with van der Waals surface area (Å²) in [6, 6.07) is 13.5. The molecular formula is C18H20FN3O2. The second-order valence-electron chi connectivity index (χ2n) is 5.50. The van der Waals surface area contributed by atoms with Gasteiger partial charge in [0.15, 0.2) is 0 Å². The molecule has 2 aromatic rings. The van der Waals surface area contributed by atoms with E-state index in [9.17, 15) is 14.0 Å². The van der Waals surface area contributed by atoms with Crippen LogP contribution >= 0.6 is 0 Å². The Labute approximate surface area is 140 Å². The molecule has 0 atom stereocenters. The van der Waals surface area contributed by atoms with E-state index in [1.807, 2.05) is 23.1 Å². The molecule has 0 aromatic heterocycles. The Kier molecular flexibility index (Phi) is 5.89. The van der Waals surface area contributed by atoms with Crippen LogP contribution in [0.3, 0.4) is 0 Å². The van der Waals surface area contributed by atoms with Crippen LogP contribution < -0.4 is 16.0 Å². The minimum absolute atomic E-state index is 0.142. The van der Waals surface area contributed by atoms with Gasteiger partial charge in [0.2, 0.25) is 11.8 Å². The summed E-state index contributed by atoms with van der Waals surface area (Å²) in [5.41, 5.74) is 7.69. The van der Waals surface area contributed by atoms with Gasteiger partial charge in [-0.15, -0.1) is 0 Å². The number of benzene rings is 2. The topological polar surface area (TPSA) is 75.4 Å². The van der Waals surface area contributed by atoms with Crippen molar-refractivity contribution >= 4 is 23.2 Å². The van der Waals surface area contributed by atoms with E-state index in [2.05, 4.69) is 5.32 Å². The Morgan fingerprint density at radius 2 is 1.88 bits per heavy atom. The number of nitrogens with zero attached hydrogens (tertiary/aromatic N) is 1. The molecule has 0 spiro atoms. The van der Waals surface area contributed by atoms with Crippen molar-refractivity contribution in [1.82, 2.24) is 0 Å². The first-order chi connectivity index (χ1) is 11.4.